The van der Waals surface area contributed by atoms with Crippen LogP contribution in [0.25, 0.3) is 0 Å². The number of anilines is 1. The molecule has 0 radical (unpaired) electrons. The first-order valence-electron chi connectivity index (χ1n) is 9.97. The number of nitrogens with one attached hydrogen (secondary N) is 1. The van der Waals surface area contributed by atoms with Gasteiger partial charge in [-0.1, -0.05) is 37.5 Å². The summed E-state index contributed by atoms with van der Waals surface area (Å²) < 4.78 is 33.1. The summed E-state index contributed by atoms with van der Waals surface area (Å²) in [4.78, 5) is 12.5. The van der Waals surface area contributed by atoms with Gasteiger partial charge in [0.2, 0.25) is 5.91 Å². The predicted molar refractivity (Wildman–Crippen MR) is 116 cm³/mol. The minimum Gasteiger partial charge on any atom is -0.494 e. The zero-order valence-electron chi connectivity index (χ0n) is 17.3. The average molecular weight is 419 g/mol. The fourth-order valence-electron chi connectivity index (χ4n) is 2.82. The van der Waals surface area contributed by atoms with Crippen molar-refractivity contribution in [2.45, 2.75) is 44.9 Å². The number of carbonyl (C=O) groups excluding carboxylic acids is 1. The smallest absolute Gasteiger partial charge is 0.264 e. The van der Waals surface area contributed by atoms with Crippen molar-refractivity contribution >= 4 is 21.6 Å². The first-order chi connectivity index (χ1) is 13.9. The number of nitrogens with zero attached hydrogens (tertiary/aromatic N) is 1. The summed E-state index contributed by atoms with van der Waals surface area (Å²) in [5.74, 6) is 0.276. The van der Waals surface area contributed by atoms with Gasteiger partial charge in [0.05, 0.1) is 17.2 Å². The second kappa shape index (κ2) is 10.9. The number of hydrogen-bond donors (Lipinski definition) is 1. The maximum Gasteiger partial charge on any atom is 0.264 e. The number of benzene rings is 2. The molecule has 0 aliphatic heterocycles. The average Bonchev–Trinajstić information content (AvgIpc) is 2.71. The molecule has 0 spiro atoms. The topological polar surface area (TPSA) is 75.7 Å². The quantitative estimate of drug-likeness (QED) is 0.562. The number of ether oxygens (including phenoxy) is 1. The minimum absolute atomic E-state index is 0.111. The largest absolute Gasteiger partial charge is 0.494 e. The highest BCUT2D eigenvalue weighted by molar-refractivity contribution is 7.92. The van der Waals surface area contributed by atoms with Crippen LogP contribution < -0.4 is 14.4 Å². The van der Waals surface area contributed by atoms with Crippen LogP contribution in [0.5, 0.6) is 5.75 Å². The summed E-state index contributed by atoms with van der Waals surface area (Å²) in [6.45, 7) is 6.64. The van der Waals surface area contributed by atoms with Crippen LogP contribution in [-0.4, -0.2) is 34.0 Å². The van der Waals surface area contributed by atoms with E-state index in [1.54, 1.807) is 24.3 Å². The highest BCUT2D eigenvalue weighted by Crippen LogP contribution is 2.25. The van der Waals surface area contributed by atoms with E-state index in [0.717, 1.165) is 29.1 Å². The Balaban J connectivity index is 2.27. The summed E-state index contributed by atoms with van der Waals surface area (Å²) >= 11 is 0. The molecule has 0 aliphatic rings. The van der Waals surface area contributed by atoms with Gasteiger partial charge < -0.3 is 10.1 Å². The first kappa shape index (κ1) is 22.7. The number of amides is 1. The maximum atomic E-state index is 13.3. The lowest BCUT2D eigenvalue weighted by Gasteiger charge is -2.24. The second-order valence-electron chi connectivity index (χ2n) is 6.81. The van der Waals surface area contributed by atoms with Crippen molar-refractivity contribution in [2.24, 2.45) is 0 Å². The molecule has 0 bridgehead atoms. The van der Waals surface area contributed by atoms with E-state index in [1.165, 1.54) is 12.1 Å². The molecule has 2 rings (SSSR count). The number of aryl methyl sites for hydroxylation is 1. The Morgan fingerprint density at radius 1 is 1.00 bits per heavy atom. The molecule has 29 heavy (non-hydrogen) atoms. The standard InChI is InChI=1S/C22H30N2O4S/c1-4-6-7-16-23-22(25)17-24(19-10-8-18(3)9-11-19)29(26,27)21-14-12-20(13-15-21)28-5-2/h8-15H,4-7,16-17H2,1-3H3,(H,23,25). The van der Waals surface area contributed by atoms with E-state index in [9.17, 15) is 13.2 Å². The fourth-order valence-corrected chi connectivity index (χ4v) is 4.24. The van der Waals surface area contributed by atoms with Gasteiger partial charge in [-0.3, -0.25) is 9.10 Å². The zero-order valence-corrected chi connectivity index (χ0v) is 18.2. The van der Waals surface area contributed by atoms with Gasteiger partial charge in [-0.15, -0.1) is 0 Å². The Morgan fingerprint density at radius 3 is 2.24 bits per heavy atom. The molecule has 0 fully saturated rings. The number of carbonyl (C=O) groups is 1. The number of rotatable bonds is 11. The summed E-state index contributed by atoms with van der Waals surface area (Å²) in [6.07, 6.45) is 2.95. The van der Waals surface area contributed by atoms with Crippen molar-refractivity contribution in [3.8, 4) is 5.75 Å². The van der Waals surface area contributed by atoms with Gasteiger partial charge in [-0.2, -0.15) is 0 Å². The van der Waals surface area contributed by atoms with Crippen LogP contribution in [0.1, 0.15) is 38.7 Å². The van der Waals surface area contributed by atoms with Crippen LogP contribution in [0.2, 0.25) is 0 Å². The van der Waals surface area contributed by atoms with Crippen molar-refractivity contribution in [1.82, 2.24) is 5.32 Å². The molecule has 2 aromatic carbocycles. The molecule has 7 heteroatoms. The Morgan fingerprint density at radius 2 is 1.66 bits per heavy atom. The summed E-state index contributed by atoms with van der Waals surface area (Å²) in [5.41, 5.74) is 1.46. The summed E-state index contributed by atoms with van der Waals surface area (Å²) in [6, 6.07) is 13.3. The van der Waals surface area contributed by atoms with Gasteiger partial charge in [0.1, 0.15) is 12.3 Å². The SMILES string of the molecule is CCCCCNC(=O)CN(c1ccc(C)cc1)S(=O)(=O)c1ccc(OCC)cc1. The highest BCUT2D eigenvalue weighted by Gasteiger charge is 2.27. The lowest BCUT2D eigenvalue weighted by atomic mass is 10.2. The Bertz CT molecular complexity index is 878. The van der Waals surface area contributed by atoms with E-state index >= 15 is 0 Å². The monoisotopic (exact) mass is 418 g/mol. The van der Waals surface area contributed by atoms with Crippen LogP contribution >= 0.6 is 0 Å². The van der Waals surface area contributed by atoms with Gasteiger partial charge in [0.25, 0.3) is 10.0 Å². The van der Waals surface area contributed by atoms with E-state index in [0.29, 0.717) is 24.6 Å². The van der Waals surface area contributed by atoms with Gasteiger partial charge in [-0.05, 0) is 56.7 Å². The van der Waals surface area contributed by atoms with E-state index < -0.39 is 10.0 Å². The zero-order chi connectivity index (χ0) is 21.3. The molecule has 6 nitrogen and oxygen atoms in total. The molecule has 158 valence electrons. The third kappa shape index (κ3) is 6.49. The number of sulfonamides is 1. The molecular weight excluding hydrogens is 388 g/mol. The van der Waals surface area contributed by atoms with Crippen LogP contribution in [0, 0.1) is 6.92 Å². The molecule has 0 unspecified atom stereocenters. The van der Waals surface area contributed by atoms with Crippen molar-refractivity contribution in [3.05, 3.63) is 54.1 Å². The summed E-state index contributed by atoms with van der Waals surface area (Å²) in [7, 11) is -3.91. The lowest BCUT2D eigenvalue weighted by molar-refractivity contribution is -0.119. The maximum absolute atomic E-state index is 13.3. The normalized spacial score (nSPS) is 11.1. The van der Waals surface area contributed by atoms with Gasteiger partial charge in [0.15, 0.2) is 0 Å². The molecule has 0 aliphatic carbocycles. The van der Waals surface area contributed by atoms with E-state index in [2.05, 4.69) is 12.2 Å². The van der Waals surface area contributed by atoms with Gasteiger partial charge in [0, 0.05) is 6.54 Å². The molecule has 1 N–H and O–H groups in total. The number of unbranched alkanes of at least 4 members (excludes halogenated alkanes) is 2. The van der Waals surface area contributed by atoms with Crippen LogP contribution in [0.3, 0.4) is 0 Å². The second-order valence-corrected chi connectivity index (χ2v) is 8.67. The predicted octanol–water partition coefficient (Wildman–Crippen LogP) is 3.90. The molecule has 0 heterocycles. The molecular formula is C22H30N2O4S. The Kier molecular flexibility index (Phi) is 8.51. The molecule has 0 saturated heterocycles. The fraction of sp³-hybridized carbons (Fsp3) is 0.409. The van der Waals surface area contributed by atoms with E-state index in [-0.39, 0.29) is 17.3 Å². The minimum atomic E-state index is -3.91. The molecule has 2 aromatic rings. The van der Waals surface area contributed by atoms with Gasteiger partial charge in [-0.25, -0.2) is 8.42 Å². The third-order valence-corrected chi connectivity index (χ3v) is 6.22. The van der Waals surface area contributed by atoms with Crippen molar-refractivity contribution in [2.75, 3.05) is 24.0 Å². The van der Waals surface area contributed by atoms with E-state index in [1.807, 2.05) is 26.0 Å². The summed E-state index contributed by atoms with van der Waals surface area (Å²) in [5, 5.41) is 2.81. The number of hydrogen-bond acceptors (Lipinski definition) is 4. The van der Waals surface area contributed by atoms with Crippen molar-refractivity contribution < 1.29 is 17.9 Å². The molecule has 0 saturated carbocycles. The lowest BCUT2D eigenvalue weighted by Crippen LogP contribution is -2.41. The van der Waals surface area contributed by atoms with Crippen LogP contribution in [0.15, 0.2) is 53.4 Å². The molecule has 0 atom stereocenters. The highest BCUT2D eigenvalue weighted by atomic mass is 32.2. The van der Waals surface area contributed by atoms with Gasteiger partial charge >= 0.3 is 0 Å². The molecule has 0 aromatic heterocycles. The first-order valence-corrected chi connectivity index (χ1v) is 11.4. The molecule has 1 amide bonds. The Labute approximate surface area is 173 Å². The van der Waals surface area contributed by atoms with Crippen molar-refractivity contribution in [3.63, 3.8) is 0 Å². The van der Waals surface area contributed by atoms with Crippen molar-refractivity contribution in [1.29, 1.82) is 0 Å². The third-order valence-electron chi connectivity index (χ3n) is 4.43. The van der Waals surface area contributed by atoms with E-state index in [4.69, 9.17) is 4.74 Å². The Hall–Kier alpha value is -2.54. The van der Waals surface area contributed by atoms with Crippen LogP contribution in [0.4, 0.5) is 5.69 Å². The van der Waals surface area contributed by atoms with Crippen LogP contribution in [-0.2, 0) is 14.8 Å².